The van der Waals surface area contributed by atoms with Gasteiger partial charge in [0.05, 0.1) is 0 Å². The van der Waals surface area contributed by atoms with Gasteiger partial charge in [0.1, 0.15) is 0 Å². The standard InChI is InChI=1S/C17H18Cl2/c1-13(19)16(12-18)17(14-8-4-2-5-9-14)15-10-6-3-7-11-15/h2-11,13,16-17H,12H2,1H3. The van der Waals surface area contributed by atoms with Crippen LogP contribution in [0.5, 0.6) is 0 Å². The Labute approximate surface area is 125 Å². The molecule has 0 N–H and O–H groups in total. The second-order valence-corrected chi connectivity index (χ2v) is 5.79. The second kappa shape index (κ2) is 6.98. The van der Waals surface area contributed by atoms with E-state index in [0.29, 0.717) is 5.88 Å². The zero-order valence-corrected chi connectivity index (χ0v) is 12.5. The highest BCUT2D eigenvalue weighted by Crippen LogP contribution is 2.36. The Morgan fingerprint density at radius 3 is 1.58 bits per heavy atom. The van der Waals surface area contributed by atoms with Crippen LogP contribution in [0.2, 0.25) is 0 Å². The summed E-state index contributed by atoms with van der Waals surface area (Å²) in [6.45, 7) is 2.02. The Morgan fingerprint density at radius 2 is 1.26 bits per heavy atom. The van der Waals surface area contributed by atoms with Crippen molar-refractivity contribution in [1.29, 1.82) is 0 Å². The van der Waals surface area contributed by atoms with Crippen LogP contribution in [0.3, 0.4) is 0 Å². The quantitative estimate of drug-likeness (QED) is 0.656. The van der Waals surface area contributed by atoms with Gasteiger partial charge in [-0.05, 0) is 24.0 Å². The Kier molecular flexibility index (Phi) is 5.30. The van der Waals surface area contributed by atoms with E-state index in [0.717, 1.165) is 0 Å². The fourth-order valence-electron chi connectivity index (χ4n) is 2.48. The molecule has 2 atom stereocenters. The molecular weight excluding hydrogens is 275 g/mol. The highest BCUT2D eigenvalue weighted by molar-refractivity contribution is 6.22. The molecule has 100 valence electrons. The molecule has 2 aromatic carbocycles. The Morgan fingerprint density at radius 1 is 0.842 bits per heavy atom. The largest absolute Gasteiger partial charge is 0.126 e. The van der Waals surface area contributed by atoms with Gasteiger partial charge in [0.2, 0.25) is 0 Å². The summed E-state index contributed by atoms with van der Waals surface area (Å²) >= 11 is 12.5. The summed E-state index contributed by atoms with van der Waals surface area (Å²) in [5, 5.41) is 0.0305. The highest BCUT2D eigenvalue weighted by Gasteiger charge is 2.27. The average molecular weight is 293 g/mol. The van der Waals surface area contributed by atoms with Gasteiger partial charge in [-0.15, -0.1) is 23.2 Å². The maximum absolute atomic E-state index is 6.35. The maximum Gasteiger partial charge on any atom is 0.0356 e. The Hall–Kier alpha value is -0.980. The molecule has 0 saturated heterocycles. The third-order valence-electron chi connectivity index (χ3n) is 3.51. The van der Waals surface area contributed by atoms with Crippen molar-refractivity contribution in [2.24, 2.45) is 5.92 Å². The van der Waals surface area contributed by atoms with Crippen molar-refractivity contribution in [2.75, 3.05) is 5.88 Å². The zero-order chi connectivity index (χ0) is 13.7. The monoisotopic (exact) mass is 292 g/mol. The summed E-state index contributed by atoms with van der Waals surface area (Å²) < 4.78 is 0. The van der Waals surface area contributed by atoms with Crippen molar-refractivity contribution in [3.63, 3.8) is 0 Å². The van der Waals surface area contributed by atoms with Gasteiger partial charge in [0.15, 0.2) is 0 Å². The van der Waals surface area contributed by atoms with Crippen LogP contribution in [0.4, 0.5) is 0 Å². The molecule has 2 aromatic rings. The zero-order valence-electron chi connectivity index (χ0n) is 11.0. The summed E-state index contributed by atoms with van der Waals surface area (Å²) in [5.74, 6) is 1.01. The molecule has 0 fully saturated rings. The summed E-state index contributed by atoms with van der Waals surface area (Å²) in [4.78, 5) is 0. The molecule has 0 bridgehead atoms. The van der Waals surface area contributed by atoms with Gasteiger partial charge in [-0.1, -0.05) is 60.7 Å². The first-order valence-electron chi connectivity index (χ1n) is 6.54. The number of halogens is 2. The number of benzene rings is 2. The molecule has 0 aliphatic rings. The molecule has 2 heteroatoms. The first-order valence-corrected chi connectivity index (χ1v) is 7.51. The molecule has 0 aliphatic carbocycles. The normalized spacial score (nSPS) is 14.3. The Balaban J connectivity index is 2.45. The minimum absolute atomic E-state index is 0.0305. The summed E-state index contributed by atoms with van der Waals surface area (Å²) in [6, 6.07) is 20.9. The topological polar surface area (TPSA) is 0 Å². The van der Waals surface area contributed by atoms with Gasteiger partial charge in [-0.3, -0.25) is 0 Å². The smallest absolute Gasteiger partial charge is 0.0356 e. The van der Waals surface area contributed by atoms with Crippen molar-refractivity contribution in [3.8, 4) is 0 Å². The average Bonchev–Trinajstić information content (AvgIpc) is 2.46. The van der Waals surface area contributed by atoms with Gasteiger partial charge in [-0.25, -0.2) is 0 Å². The van der Waals surface area contributed by atoms with E-state index in [9.17, 15) is 0 Å². The molecule has 0 nitrogen and oxygen atoms in total. The van der Waals surface area contributed by atoms with Crippen LogP contribution >= 0.6 is 23.2 Å². The minimum atomic E-state index is 0.0305. The van der Waals surface area contributed by atoms with Crippen LogP contribution in [-0.2, 0) is 0 Å². The summed E-state index contributed by atoms with van der Waals surface area (Å²) in [7, 11) is 0. The van der Waals surface area contributed by atoms with Crippen LogP contribution < -0.4 is 0 Å². The van der Waals surface area contributed by atoms with Crippen molar-refractivity contribution in [2.45, 2.75) is 18.2 Å². The molecule has 0 heterocycles. The summed E-state index contributed by atoms with van der Waals surface area (Å²) in [5.41, 5.74) is 2.54. The number of alkyl halides is 2. The first kappa shape index (κ1) is 14.4. The van der Waals surface area contributed by atoms with E-state index in [1.807, 2.05) is 19.1 Å². The van der Waals surface area contributed by atoms with Crippen molar-refractivity contribution in [1.82, 2.24) is 0 Å². The Bertz CT molecular complexity index is 440. The molecule has 0 amide bonds. The lowest BCUT2D eigenvalue weighted by molar-refractivity contribution is 0.509. The second-order valence-electron chi connectivity index (χ2n) is 4.79. The van der Waals surface area contributed by atoms with E-state index in [-0.39, 0.29) is 17.2 Å². The van der Waals surface area contributed by atoms with E-state index < -0.39 is 0 Å². The highest BCUT2D eigenvalue weighted by atomic mass is 35.5. The van der Waals surface area contributed by atoms with Gasteiger partial charge >= 0.3 is 0 Å². The molecule has 0 radical (unpaired) electrons. The first-order chi connectivity index (χ1) is 9.24. The minimum Gasteiger partial charge on any atom is -0.126 e. The van der Waals surface area contributed by atoms with Crippen molar-refractivity contribution in [3.05, 3.63) is 71.8 Å². The van der Waals surface area contributed by atoms with Gasteiger partial charge in [0, 0.05) is 17.2 Å². The van der Waals surface area contributed by atoms with Gasteiger partial charge in [0.25, 0.3) is 0 Å². The fourth-order valence-corrected chi connectivity index (χ4v) is 3.26. The fraction of sp³-hybridized carbons (Fsp3) is 0.294. The van der Waals surface area contributed by atoms with Crippen LogP contribution in [0, 0.1) is 5.92 Å². The van der Waals surface area contributed by atoms with E-state index in [1.165, 1.54) is 11.1 Å². The van der Waals surface area contributed by atoms with Crippen LogP contribution in [0.25, 0.3) is 0 Å². The molecule has 0 saturated carbocycles. The third-order valence-corrected chi connectivity index (χ3v) is 4.19. The molecule has 0 spiro atoms. The molecule has 2 unspecified atom stereocenters. The van der Waals surface area contributed by atoms with E-state index in [1.54, 1.807) is 0 Å². The van der Waals surface area contributed by atoms with Gasteiger partial charge in [-0.2, -0.15) is 0 Å². The predicted octanol–water partition coefficient (Wildman–Crippen LogP) is 5.30. The molecule has 2 rings (SSSR count). The number of hydrogen-bond acceptors (Lipinski definition) is 0. The lowest BCUT2D eigenvalue weighted by atomic mass is 9.80. The van der Waals surface area contributed by atoms with E-state index in [2.05, 4.69) is 48.5 Å². The maximum atomic E-state index is 6.35. The molecule has 19 heavy (non-hydrogen) atoms. The summed E-state index contributed by atoms with van der Waals surface area (Å²) in [6.07, 6.45) is 0. The van der Waals surface area contributed by atoms with E-state index in [4.69, 9.17) is 23.2 Å². The van der Waals surface area contributed by atoms with E-state index >= 15 is 0 Å². The molecule has 0 aromatic heterocycles. The number of hydrogen-bond donors (Lipinski definition) is 0. The van der Waals surface area contributed by atoms with Gasteiger partial charge < -0.3 is 0 Å². The third kappa shape index (κ3) is 3.52. The van der Waals surface area contributed by atoms with Crippen LogP contribution in [0.1, 0.15) is 24.0 Å². The van der Waals surface area contributed by atoms with Crippen molar-refractivity contribution >= 4 is 23.2 Å². The molecular formula is C17H18Cl2. The van der Waals surface area contributed by atoms with Crippen LogP contribution in [-0.4, -0.2) is 11.3 Å². The lowest BCUT2D eigenvalue weighted by Crippen LogP contribution is -2.23. The molecule has 0 aliphatic heterocycles. The number of rotatable bonds is 5. The van der Waals surface area contributed by atoms with Crippen molar-refractivity contribution < 1.29 is 0 Å². The SMILES string of the molecule is CC(Cl)C(CCl)C(c1ccccc1)c1ccccc1. The van der Waals surface area contributed by atoms with Crippen LogP contribution in [0.15, 0.2) is 60.7 Å². The lowest BCUT2D eigenvalue weighted by Gasteiger charge is -2.28. The predicted molar refractivity (Wildman–Crippen MR) is 84.3 cm³/mol.